The predicted octanol–water partition coefficient (Wildman–Crippen LogP) is 1.99. The molecule has 7 nitrogen and oxygen atoms in total. The minimum atomic E-state index is -3.76. The number of nitrogens with zero attached hydrogens (tertiary/aromatic N) is 1. The molecule has 9 heteroatoms. The second-order valence-electron chi connectivity index (χ2n) is 5.98. The topological polar surface area (TPSA) is 104 Å². The first-order valence-electron chi connectivity index (χ1n) is 8.42. The number of carboxylic acid groups (broad SMARTS) is 1. The van der Waals surface area contributed by atoms with Crippen molar-refractivity contribution in [1.82, 2.24) is 9.62 Å². The molecule has 0 radical (unpaired) electrons. The number of hydrogen-bond donors (Lipinski definition) is 2. The predicted molar refractivity (Wildman–Crippen MR) is 94.5 cm³/mol. The summed E-state index contributed by atoms with van der Waals surface area (Å²) in [4.78, 5) is 23.0. The maximum Gasteiger partial charge on any atom is 0.326 e. The van der Waals surface area contributed by atoms with Crippen molar-refractivity contribution >= 4 is 21.9 Å². The summed E-state index contributed by atoms with van der Waals surface area (Å²) >= 11 is 0. The van der Waals surface area contributed by atoms with Gasteiger partial charge in [-0.3, -0.25) is 4.79 Å². The van der Waals surface area contributed by atoms with E-state index in [1.165, 1.54) is 19.2 Å². The molecule has 0 aliphatic rings. The van der Waals surface area contributed by atoms with E-state index < -0.39 is 33.8 Å². The molecule has 0 saturated carbocycles. The van der Waals surface area contributed by atoms with Gasteiger partial charge < -0.3 is 10.4 Å². The number of carbonyl (C=O) groups excluding carboxylic acids is 1. The van der Waals surface area contributed by atoms with Gasteiger partial charge in [0.05, 0.1) is 4.90 Å². The monoisotopic (exact) mass is 388 g/mol. The number of benzene rings is 1. The molecule has 0 bridgehead atoms. The fraction of sp³-hybridized carbons (Fsp3) is 0.529. The number of hydrogen-bond acceptors (Lipinski definition) is 4. The number of aliphatic carboxylic acids is 1. The smallest absolute Gasteiger partial charge is 0.326 e. The van der Waals surface area contributed by atoms with Crippen molar-refractivity contribution in [3.63, 3.8) is 0 Å². The van der Waals surface area contributed by atoms with Gasteiger partial charge in [-0.1, -0.05) is 19.8 Å². The third-order valence-corrected chi connectivity index (χ3v) is 5.75. The lowest BCUT2D eigenvalue weighted by Crippen LogP contribution is -2.41. The summed E-state index contributed by atoms with van der Waals surface area (Å²) in [7, 11) is -2.39. The lowest BCUT2D eigenvalue weighted by atomic mass is 10.1. The Hall–Kier alpha value is -2.00. The van der Waals surface area contributed by atoms with Crippen LogP contribution >= 0.6 is 0 Å². The second kappa shape index (κ2) is 10.2. The Labute approximate surface area is 153 Å². The lowest BCUT2D eigenvalue weighted by Gasteiger charge is -2.18. The van der Waals surface area contributed by atoms with Gasteiger partial charge in [-0.25, -0.2) is 21.9 Å². The van der Waals surface area contributed by atoms with Crippen LogP contribution in [0.1, 0.15) is 39.0 Å². The zero-order chi connectivity index (χ0) is 19.7. The van der Waals surface area contributed by atoms with Gasteiger partial charge in [-0.2, -0.15) is 0 Å². The van der Waals surface area contributed by atoms with Crippen molar-refractivity contribution in [2.75, 3.05) is 13.6 Å². The van der Waals surface area contributed by atoms with Crippen LogP contribution in [0.3, 0.4) is 0 Å². The van der Waals surface area contributed by atoms with Crippen LogP contribution in [0.5, 0.6) is 0 Å². The van der Waals surface area contributed by atoms with Crippen molar-refractivity contribution in [1.29, 1.82) is 0 Å². The molecular weight excluding hydrogens is 363 g/mol. The first-order chi connectivity index (χ1) is 12.2. The van der Waals surface area contributed by atoms with Gasteiger partial charge in [0, 0.05) is 20.0 Å². The van der Waals surface area contributed by atoms with Gasteiger partial charge in [0.15, 0.2) is 0 Å². The van der Waals surface area contributed by atoms with E-state index >= 15 is 0 Å². The van der Waals surface area contributed by atoms with Crippen LogP contribution in [0.15, 0.2) is 29.2 Å². The van der Waals surface area contributed by atoms with Crippen LogP contribution in [0.2, 0.25) is 0 Å². The summed E-state index contributed by atoms with van der Waals surface area (Å²) in [5.41, 5.74) is 0. The van der Waals surface area contributed by atoms with Gasteiger partial charge >= 0.3 is 5.97 Å². The van der Waals surface area contributed by atoms with Crippen molar-refractivity contribution < 1.29 is 27.5 Å². The molecule has 0 fully saturated rings. The largest absolute Gasteiger partial charge is 0.480 e. The molecule has 0 saturated heterocycles. The highest BCUT2D eigenvalue weighted by Gasteiger charge is 2.22. The Balaban J connectivity index is 2.51. The first kappa shape index (κ1) is 22.0. The number of carbonyl (C=O) groups is 2. The van der Waals surface area contributed by atoms with Crippen LogP contribution in [0.4, 0.5) is 4.39 Å². The van der Waals surface area contributed by atoms with Crippen LogP contribution in [-0.4, -0.2) is 49.3 Å². The molecule has 0 aromatic heterocycles. The Morgan fingerprint density at radius 3 is 2.38 bits per heavy atom. The molecule has 2 N–H and O–H groups in total. The average molecular weight is 388 g/mol. The Morgan fingerprint density at radius 2 is 1.85 bits per heavy atom. The first-order valence-corrected chi connectivity index (χ1v) is 9.86. The summed E-state index contributed by atoms with van der Waals surface area (Å²) < 4.78 is 38.7. The molecular formula is C17H25FN2O5S. The standard InChI is InChI=1S/C17H25FN2O5S/c1-3-4-6-15(17(22)23)19-16(21)7-5-12-20(2)26(24,25)14-10-8-13(18)9-11-14/h8-11,15H,3-7,12H2,1-2H3,(H,19,21)(H,22,23)/t15-/m0/s1. The van der Waals surface area contributed by atoms with E-state index in [9.17, 15) is 22.4 Å². The van der Waals surface area contributed by atoms with Crippen LogP contribution < -0.4 is 5.32 Å². The zero-order valence-corrected chi connectivity index (χ0v) is 15.8. The number of unbranched alkanes of at least 4 members (excludes halogenated alkanes) is 1. The summed E-state index contributed by atoms with van der Waals surface area (Å²) in [6, 6.07) is 3.56. The van der Waals surface area contributed by atoms with E-state index in [1.807, 2.05) is 6.92 Å². The molecule has 146 valence electrons. The fourth-order valence-corrected chi connectivity index (χ4v) is 3.51. The molecule has 1 amide bonds. The summed E-state index contributed by atoms with van der Waals surface area (Å²) in [6.07, 6.45) is 2.13. The Kier molecular flexibility index (Phi) is 8.67. The normalized spacial score (nSPS) is 12.8. The van der Waals surface area contributed by atoms with E-state index in [4.69, 9.17) is 5.11 Å². The quantitative estimate of drug-likeness (QED) is 0.603. The number of sulfonamides is 1. The molecule has 0 spiro atoms. The molecule has 1 atom stereocenters. The number of nitrogens with one attached hydrogen (secondary N) is 1. The van der Waals surface area contributed by atoms with Crippen molar-refractivity contribution in [2.24, 2.45) is 0 Å². The molecule has 0 aliphatic heterocycles. The van der Waals surface area contributed by atoms with E-state index in [2.05, 4.69) is 5.32 Å². The number of carboxylic acids is 1. The maximum absolute atomic E-state index is 12.9. The molecule has 0 aliphatic carbocycles. The van der Waals surface area contributed by atoms with Crippen LogP contribution in [0.25, 0.3) is 0 Å². The summed E-state index contributed by atoms with van der Waals surface area (Å²) in [5.74, 6) is -2.04. The number of amides is 1. The van der Waals surface area contributed by atoms with Crippen molar-refractivity contribution in [2.45, 2.75) is 50.0 Å². The van der Waals surface area contributed by atoms with Crippen LogP contribution in [0, 0.1) is 5.82 Å². The minimum Gasteiger partial charge on any atom is -0.480 e. The lowest BCUT2D eigenvalue weighted by molar-refractivity contribution is -0.142. The van der Waals surface area contributed by atoms with E-state index in [1.54, 1.807) is 0 Å². The highest BCUT2D eigenvalue weighted by atomic mass is 32.2. The third kappa shape index (κ3) is 6.72. The molecule has 26 heavy (non-hydrogen) atoms. The maximum atomic E-state index is 12.9. The van der Waals surface area contributed by atoms with Crippen molar-refractivity contribution in [3.8, 4) is 0 Å². The Morgan fingerprint density at radius 1 is 1.23 bits per heavy atom. The molecule has 0 unspecified atom stereocenters. The zero-order valence-electron chi connectivity index (χ0n) is 14.9. The highest BCUT2D eigenvalue weighted by molar-refractivity contribution is 7.89. The second-order valence-corrected chi connectivity index (χ2v) is 8.03. The highest BCUT2D eigenvalue weighted by Crippen LogP contribution is 2.15. The SMILES string of the molecule is CCCC[C@H](NC(=O)CCCN(C)S(=O)(=O)c1ccc(F)cc1)C(=O)O. The van der Waals surface area contributed by atoms with E-state index in [0.717, 1.165) is 22.9 Å². The molecule has 0 heterocycles. The number of halogens is 1. The summed E-state index contributed by atoms with van der Waals surface area (Å²) in [5, 5.41) is 11.5. The summed E-state index contributed by atoms with van der Waals surface area (Å²) in [6.45, 7) is 2.01. The van der Waals surface area contributed by atoms with Gasteiger partial charge in [-0.15, -0.1) is 0 Å². The van der Waals surface area contributed by atoms with E-state index in [-0.39, 0.29) is 24.3 Å². The van der Waals surface area contributed by atoms with Gasteiger partial charge in [0.25, 0.3) is 0 Å². The molecule has 1 aromatic rings. The van der Waals surface area contributed by atoms with Gasteiger partial charge in [0.2, 0.25) is 15.9 Å². The average Bonchev–Trinajstić information content (AvgIpc) is 2.58. The Bertz CT molecular complexity index is 706. The van der Waals surface area contributed by atoms with E-state index in [0.29, 0.717) is 12.8 Å². The van der Waals surface area contributed by atoms with Gasteiger partial charge in [0.1, 0.15) is 11.9 Å². The molecule has 1 aromatic carbocycles. The molecule has 1 rings (SSSR count). The van der Waals surface area contributed by atoms with Crippen LogP contribution in [-0.2, 0) is 19.6 Å². The van der Waals surface area contributed by atoms with Gasteiger partial charge in [-0.05, 0) is 37.1 Å². The minimum absolute atomic E-state index is 0.0131. The third-order valence-electron chi connectivity index (χ3n) is 3.88. The number of rotatable bonds is 11. The fourth-order valence-electron chi connectivity index (χ4n) is 2.30. The van der Waals surface area contributed by atoms with Crippen molar-refractivity contribution in [3.05, 3.63) is 30.1 Å².